The minimum Gasteiger partial charge on any atom is -0.392 e. The monoisotopic (exact) mass is 240 g/mol. The molecule has 1 saturated carbocycles. The van der Waals surface area contributed by atoms with Gasteiger partial charge in [-0.25, -0.2) is 0 Å². The molecule has 0 aromatic rings. The van der Waals surface area contributed by atoms with Gasteiger partial charge in [0.25, 0.3) is 0 Å². The maximum Gasteiger partial charge on any atom is 0.235 e. The third kappa shape index (κ3) is 1.95. The highest BCUT2D eigenvalue weighted by Crippen LogP contribution is 2.43. The molecule has 2 rings (SSSR count). The molecule has 16 heavy (non-hydrogen) atoms. The summed E-state index contributed by atoms with van der Waals surface area (Å²) in [5.74, 6) is 0.202. The van der Waals surface area contributed by atoms with E-state index in [2.05, 4.69) is 0 Å². The molecule has 0 aromatic carbocycles. The molecule has 2 N–H and O–H groups in total. The average molecular weight is 240 g/mol. The summed E-state index contributed by atoms with van der Waals surface area (Å²) in [6.45, 7) is 1.78. The van der Waals surface area contributed by atoms with Gasteiger partial charge in [-0.3, -0.25) is 4.79 Å². The predicted octanol–water partition coefficient (Wildman–Crippen LogP) is 1.85. The van der Waals surface area contributed by atoms with Crippen LogP contribution in [-0.4, -0.2) is 28.9 Å². The third-order valence-corrected chi connectivity index (χ3v) is 4.37. The Balaban J connectivity index is 2.07. The fraction of sp³-hybridized carbons (Fsp3) is 0.833. The first-order valence-electron chi connectivity index (χ1n) is 6.26. The maximum atomic E-state index is 12.5. The van der Waals surface area contributed by atoms with Gasteiger partial charge in [0, 0.05) is 13.1 Å². The highest BCUT2D eigenvalue weighted by Gasteiger charge is 2.48. The number of rotatable bonds is 2. The summed E-state index contributed by atoms with van der Waals surface area (Å²) in [6, 6.07) is 0. The molecule has 2 fully saturated rings. The highest BCUT2D eigenvalue weighted by atomic mass is 32.1. The first-order chi connectivity index (χ1) is 7.67. The number of amides is 1. The Morgan fingerprint density at radius 1 is 1.06 bits per heavy atom. The van der Waals surface area contributed by atoms with Crippen LogP contribution in [0.4, 0.5) is 0 Å². The summed E-state index contributed by atoms with van der Waals surface area (Å²) in [5.41, 5.74) is 5.29. The molecular formula is C12H20N2OS. The molecule has 1 saturated heterocycles. The van der Waals surface area contributed by atoms with Gasteiger partial charge in [0.15, 0.2) is 0 Å². The second-order valence-electron chi connectivity index (χ2n) is 5.01. The van der Waals surface area contributed by atoms with Crippen LogP contribution in [0.2, 0.25) is 0 Å². The number of likely N-dealkylation sites (tertiary alicyclic amines) is 1. The lowest BCUT2D eigenvalue weighted by Crippen LogP contribution is -2.54. The molecular weight excluding hydrogens is 220 g/mol. The number of carbonyl (C=O) groups is 1. The van der Waals surface area contributed by atoms with Crippen LogP contribution in [0.5, 0.6) is 0 Å². The van der Waals surface area contributed by atoms with Crippen LogP contribution in [0.3, 0.4) is 0 Å². The summed E-state index contributed by atoms with van der Waals surface area (Å²) >= 11 is 5.09. The first kappa shape index (κ1) is 11.8. The first-order valence-corrected chi connectivity index (χ1v) is 6.67. The minimum absolute atomic E-state index is 0.202. The van der Waals surface area contributed by atoms with E-state index in [-0.39, 0.29) is 5.91 Å². The number of nitrogens with zero attached hydrogens (tertiary/aromatic N) is 1. The largest absolute Gasteiger partial charge is 0.392 e. The van der Waals surface area contributed by atoms with Crippen molar-refractivity contribution >= 4 is 23.1 Å². The van der Waals surface area contributed by atoms with Crippen molar-refractivity contribution in [3.8, 4) is 0 Å². The van der Waals surface area contributed by atoms with Crippen molar-refractivity contribution in [3.63, 3.8) is 0 Å². The fourth-order valence-electron chi connectivity index (χ4n) is 2.67. The quantitative estimate of drug-likeness (QED) is 0.749. The molecule has 0 bridgehead atoms. The molecule has 4 heteroatoms. The van der Waals surface area contributed by atoms with Gasteiger partial charge in [-0.2, -0.15) is 0 Å². The van der Waals surface area contributed by atoms with Gasteiger partial charge in [0.1, 0.15) is 0 Å². The topological polar surface area (TPSA) is 46.3 Å². The summed E-state index contributed by atoms with van der Waals surface area (Å²) in [7, 11) is 0. The Hall–Kier alpha value is -0.640. The molecule has 0 atom stereocenters. The van der Waals surface area contributed by atoms with Gasteiger partial charge in [-0.05, 0) is 25.7 Å². The van der Waals surface area contributed by atoms with Crippen LogP contribution >= 0.6 is 12.2 Å². The van der Waals surface area contributed by atoms with Crippen molar-refractivity contribution in [3.05, 3.63) is 0 Å². The van der Waals surface area contributed by atoms with E-state index in [0.717, 1.165) is 45.2 Å². The second kappa shape index (κ2) is 4.70. The van der Waals surface area contributed by atoms with Gasteiger partial charge in [-0.1, -0.05) is 31.5 Å². The Labute approximate surface area is 102 Å². The van der Waals surface area contributed by atoms with E-state index in [4.69, 9.17) is 18.0 Å². The minimum atomic E-state index is -0.473. The van der Waals surface area contributed by atoms with Crippen LogP contribution in [0.1, 0.15) is 44.9 Å². The van der Waals surface area contributed by atoms with Crippen molar-refractivity contribution in [1.29, 1.82) is 0 Å². The molecule has 1 aliphatic heterocycles. The molecule has 1 aliphatic carbocycles. The number of thiocarbonyl (C=S) groups is 1. The van der Waals surface area contributed by atoms with E-state index in [1.54, 1.807) is 0 Å². The number of hydrogen-bond donors (Lipinski definition) is 1. The van der Waals surface area contributed by atoms with Crippen molar-refractivity contribution < 1.29 is 4.79 Å². The molecule has 1 heterocycles. The lowest BCUT2D eigenvalue weighted by Gasteiger charge is -2.42. The molecule has 0 radical (unpaired) electrons. The van der Waals surface area contributed by atoms with E-state index < -0.39 is 5.41 Å². The molecule has 2 aliphatic rings. The Bertz CT molecular complexity index is 291. The van der Waals surface area contributed by atoms with Crippen LogP contribution in [0.15, 0.2) is 0 Å². The second-order valence-corrected chi connectivity index (χ2v) is 5.45. The van der Waals surface area contributed by atoms with E-state index in [0.29, 0.717) is 4.99 Å². The van der Waals surface area contributed by atoms with E-state index in [1.165, 1.54) is 12.8 Å². The molecule has 90 valence electrons. The van der Waals surface area contributed by atoms with Crippen LogP contribution < -0.4 is 5.73 Å². The van der Waals surface area contributed by atoms with Crippen molar-refractivity contribution in [2.75, 3.05) is 13.1 Å². The van der Waals surface area contributed by atoms with Crippen LogP contribution in [0, 0.1) is 5.41 Å². The van der Waals surface area contributed by atoms with Crippen LogP contribution in [0.25, 0.3) is 0 Å². The lowest BCUT2D eigenvalue weighted by molar-refractivity contribution is -0.141. The zero-order valence-electron chi connectivity index (χ0n) is 9.71. The Morgan fingerprint density at radius 2 is 1.62 bits per heavy atom. The SMILES string of the molecule is NC(=S)C1(C(=O)N2CCCCCC2)CCC1. The smallest absolute Gasteiger partial charge is 0.235 e. The fourth-order valence-corrected chi connectivity index (χ4v) is 2.96. The molecule has 0 spiro atoms. The van der Waals surface area contributed by atoms with Crippen molar-refractivity contribution in [1.82, 2.24) is 4.90 Å². The molecule has 1 amide bonds. The van der Waals surface area contributed by atoms with E-state index in [1.807, 2.05) is 4.90 Å². The molecule has 0 unspecified atom stereocenters. The molecule has 3 nitrogen and oxygen atoms in total. The number of carbonyl (C=O) groups excluding carboxylic acids is 1. The Morgan fingerprint density at radius 3 is 2.00 bits per heavy atom. The normalized spacial score (nSPS) is 24.4. The van der Waals surface area contributed by atoms with E-state index in [9.17, 15) is 4.79 Å². The Kier molecular flexibility index (Phi) is 3.47. The van der Waals surface area contributed by atoms with Gasteiger partial charge in [-0.15, -0.1) is 0 Å². The standard InChI is InChI=1S/C12H20N2OS/c13-10(16)12(6-5-7-12)11(15)14-8-3-1-2-4-9-14/h1-9H2,(H2,13,16). The van der Waals surface area contributed by atoms with Gasteiger partial charge >= 0.3 is 0 Å². The summed E-state index contributed by atoms with van der Waals surface area (Å²) < 4.78 is 0. The number of hydrogen-bond acceptors (Lipinski definition) is 2. The van der Waals surface area contributed by atoms with Crippen molar-refractivity contribution in [2.45, 2.75) is 44.9 Å². The zero-order chi connectivity index (χ0) is 11.6. The third-order valence-electron chi connectivity index (χ3n) is 3.98. The zero-order valence-corrected chi connectivity index (χ0v) is 10.5. The average Bonchev–Trinajstić information content (AvgIpc) is 2.42. The van der Waals surface area contributed by atoms with Gasteiger partial charge in [0.2, 0.25) is 5.91 Å². The van der Waals surface area contributed by atoms with Crippen molar-refractivity contribution in [2.24, 2.45) is 11.1 Å². The summed E-state index contributed by atoms with van der Waals surface area (Å²) in [6.07, 6.45) is 7.53. The number of nitrogens with two attached hydrogens (primary N) is 1. The van der Waals surface area contributed by atoms with Gasteiger partial charge in [0.05, 0.1) is 10.4 Å². The van der Waals surface area contributed by atoms with Gasteiger partial charge < -0.3 is 10.6 Å². The maximum absolute atomic E-state index is 12.5. The van der Waals surface area contributed by atoms with E-state index >= 15 is 0 Å². The highest BCUT2D eigenvalue weighted by molar-refractivity contribution is 7.80. The van der Waals surface area contributed by atoms with Crippen LogP contribution in [-0.2, 0) is 4.79 Å². The summed E-state index contributed by atoms with van der Waals surface area (Å²) in [5, 5.41) is 0. The predicted molar refractivity (Wildman–Crippen MR) is 68.1 cm³/mol. The molecule has 0 aromatic heterocycles. The summed E-state index contributed by atoms with van der Waals surface area (Å²) in [4.78, 5) is 14.9. The lowest BCUT2D eigenvalue weighted by atomic mass is 9.67.